The van der Waals surface area contributed by atoms with Crippen molar-refractivity contribution in [1.29, 1.82) is 0 Å². The predicted molar refractivity (Wildman–Crippen MR) is 134 cm³/mol. The second kappa shape index (κ2) is 10.1. The van der Waals surface area contributed by atoms with Crippen LogP contribution in [0.5, 0.6) is 0 Å². The van der Waals surface area contributed by atoms with E-state index in [0.29, 0.717) is 18.0 Å². The Bertz CT molecular complexity index is 1150. The van der Waals surface area contributed by atoms with Gasteiger partial charge >= 0.3 is 0 Å². The fraction of sp³-hybridized carbons (Fsp3) is 0.259. The summed E-state index contributed by atoms with van der Waals surface area (Å²) in [7, 11) is 1.99. The van der Waals surface area contributed by atoms with Gasteiger partial charge in [0.05, 0.1) is 12.0 Å². The maximum Gasteiger partial charge on any atom is 0.232 e. The fourth-order valence-electron chi connectivity index (χ4n) is 4.39. The molecule has 2 N–H and O–H groups in total. The highest BCUT2D eigenvalue weighted by Gasteiger charge is 2.33. The minimum Gasteiger partial charge on any atom is -0.372 e. The van der Waals surface area contributed by atoms with Crippen LogP contribution in [0.3, 0.4) is 0 Å². The molecule has 0 bridgehead atoms. The van der Waals surface area contributed by atoms with E-state index in [-0.39, 0.29) is 24.3 Å². The van der Waals surface area contributed by atoms with Gasteiger partial charge in [0, 0.05) is 36.4 Å². The lowest BCUT2D eigenvalue weighted by Crippen LogP contribution is -2.44. The van der Waals surface area contributed by atoms with Crippen molar-refractivity contribution in [2.45, 2.75) is 31.7 Å². The van der Waals surface area contributed by atoms with E-state index in [0.717, 1.165) is 28.1 Å². The maximum atomic E-state index is 13.1. The summed E-state index contributed by atoms with van der Waals surface area (Å²) in [6.07, 6.45) is 0.804. The molecule has 3 aromatic carbocycles. The van der Waals surface area contributed by atoms with Crippen LogP contribution in [0.1, 0.15) is 29.0 Å². The topological polar surface area (TPSA) is 61.4 Å². The minimum absolute atomic E-state index is 0.119. The molecule has 0 saturated heterocycles. The molecular weight excluding hydrogens is 434 g/mol. The number of likely N-dealkylation sites (N-methyl/N-ethyl adjacent to an activating group) is 1. The summed E-state index contributed by atoms with van der Waals surface area (Å²) in [5.41, 5.74) is 4.86. The van der Waals surface area contributed by atoms with Gasteiger partial charge in [-0.05, 0) is 48.2 Å². The molecule has 0 fully saturated rings. The molecule has 1 unspecified atom stereocenters. The first-order valence-electron chi connectivity index (χ1n) is 11.1. The smallest absolute Gasteiger partial charge is 0.232 e. The molecule has 33 heavy (non-hydrogen) atoms. The standard InChI is InChI=1S/C27H28ClN3O2/c1-18-8-6-13-23-24(27(33)30-26(18)23)16-25(32)29-21(14-19-9-4-3-5-10-19)17-31(2)22-12-7-11-20(28)15-22/h3-13,15,21,24H,14,16-17H2,1-2H3,(H,29,32)(H,30,33)/t21-,24?/m0/s1. The van der Waals surface area contributed by atoms with Gasteiger partial charge in [0.1, 0.15) is 0 Å². The summed E-state index contributed by atoms with van der Waals surface area (Å²) >= 11 is 6.17. The number of para-hydroxylation sites is 1. The Morgan fingerprint density at radius 2 is 1.85 bits per heavy atom. The second-order valence-electron chi connectivity index (χ2n) is 8.60. The monoisotopic (exact) mass is 461 g/mol. The molecule has 4 rings (SSSR count). The van der Waals surface area contributed by atoms with Gasteiger partial charge in [-0.25, -0.2) is 0 Å². The number of carbonyl (C=O) groups excluding carboxylic acids is 2. The third kappa shape index (κ3) is 5.55. The Balaban J connectivity index is 1.48. The lowest BCUT2D eigenvalue weighted by Gasteiger charge is -2.27. The molecule has 1 heterocycles. The van der Waals surface area contributed by atoms with Gasteiger partial charge in [0.25, 0.3) is 0 Å². The molecule has 5 nitrogen and oxygen atoms in total. The van der Waals surface area contributed by atoms with Crippen LogP contribution in [-0.4, -0.2) is 31.4 Å². The maximum absolute atomic E-state index is 13.1. The van der Waals surface area contributed by atoms with Crippen molar-refractivity contribution in [1.82, 2.24) is 5.32 Å². The number of fused-ring (bicyclic) bond motifs is 1. The van der Waals surface area contributed by atoms with Gasteiger partial charge in [-0.3, -0.25) is 9.59 Å². The van der Waals surface area contributed by atoms with Gasteiger partial charge in [-0.1, -0.05) is 66.2 Å². The molecule has 3 aromatic rings. The first-order chi connectivity index (χ1) is 15.9. The molecule has 0 aliphatic carbocycles. The van der Waals surface area contributed by atoms with E-state index < -0.39 is 5.92 Å². The Hall–Kier alpha value is -3.31. The number of amides is 2. The van der Waals surface area contributed by atoms with Crippen LogP contribution in [0.15, 0.2) is 72.8 Å². The van der Waals surface area contributed by atoms with Gasteiger partial charge in [-0.15, -0.1) is 0 Å². The molecule has 0 spiro atoms. The van der Waals surface area contributed by atoms with Crippen LogP contribution < -0.4 is 15.5 Å². The lowest BCUT2D eigenvalue weighted by atomic mass is 9.95. The number of carbonyl (C=O) groups is 2. The van der Waals surface area contributed by atoms with Crippen molar-refractivity contribution in [2.75, 3.05) is 23.8 Å². The largest absolute Gasteiger partial charge is 0.372 e. The molecule has 2 atom stereocenters. The van der Waals surface area contributed by atoms with Gasteiger partial charge in [-0.2, -0.15) is 0 Å². The molecule has 0 saturated carbocycles. The predicted octanol–water partition coefficient (Wildman–Crippen LogP) is 4.94. The average Bonchev–Trinajstić information content (AvgIpc) is 3.11. The summed E-state index contributed by atoms with van der Waals surface area (Å²) in [5, 5.41) is 6.78. The number of aryl methyl sites for hydroxylation is 1. The third-order valence-corrected chi connectivity index (χ3v) is 6.30. The van der Waals surface area contributed by atoms with Gasteiger partial charge < -0.3 is 15.5 Å². The van der Waals surface area contributed by atoms with Crippen molar-refractivity contribution >= 4 is 34.8 Å². The molecular formula is C27H28ClN3O2. The van der Waals surface area contributed by atoms with Crippen LogP contribution in [-0.2, 0) is 16.0 Å². The van der Waals surface area contributed by atoms with E-state index in [4.69, 9.17) is 11.6 Å². The lowest BCUT2D eigenvalue weighted by molar-refractivity contribution is -0.125. The van der Waals surface area contributed by atoms with E-state index in [2.05, 4.69) is 27.7 Å². The molecule has 0 aromatic heterocycles. The van der Waals surface area contributed by atoms with Crippen LogP contribution in [0.25, 0.3) is 0 Å². The van der Waals surface area contributed by atoms with Crippen molar-refractivity contribution in [3.8, 4) is 0 Å². The number of anilines is 2. The number of nitrogens with zero attached hydrogens (tertiary/aromatic N) is 1. The number of nitrogens with one attached hydrogen (secondary N) is 2. The van der Waals surface area contributed by atoms with Crippen LogP contribution >= 0.6 is 11.6 Å². The Labute approximate surface area is 199 Å². The zero-order valence-corrected chi connectivity index (χ0v) is 19.6. The molecule has 2 amide bonds. The SMILES string of the molecule is Cc1cccc2c1NC(=O)C2CC(=O)N[C@@H](Cc1ccccc1)CN(C)c1cccc(Cl)c1. The highest BCUT2D eigenvalue weighted by molar-refractivity contribution is 6.30. The van der Waals surface area contributed by atoms with E-state index in [9.17, 15) is 9.59 Å². The Morgan fingerprint density at radius 3 is 2.61 bits per heavy atom. The molecule has 1 aliphatic heterocycles. The van der Waals surface area contributed by atoms with Crippen LogP contribution in [0.4, 0.5) is 11.4 Å². The fourth-order valence-corrected chi connectivity index (χ4v) is 4.57. The summed E-state index contributed by atoms with van der Waals surface area (Å²) in [6, 6.07) is 23.4. The number of halogens is 1. The highest BCUT2D eigenvalue weighted by Crippen LogP contribution is 2.36. The molecule has 170 valence electrons. The van der Waals surface area contributed by atoms with E-state index in [1.54, 1.807) is 0 Å². The van der Waals surface area contributed by atoms with Crippen molar-refractivity contribution in [2.24, 2.45) is 0 Å². The van der Waals surface area contributed by atoms with E-state index in [1.807, 2.05) is 74.6 Å². The summed E-state index contributed by atoms with van der Waals surface area (Å²) in [5.74, 6) is -0.724. The number of hydrogen-bond acceptors (Lipinski definition) is 3. The molecule has 6 heteroatoms. The molecule has 1 aliphatic rings. The molecule has 0 radical (unpaired) electrons. The van der Waals surface area contributed by atoms with Crippen LogP contribution in [0.2, 0.25) is 5.02 Å². The first-order valence-corrected chi connectivity index (χ1v) is 11.5. The van der Waals surface area contributed by atoms with E-state index in [1.165, 1.54) is 0 Å². The summed E-state index contributed by atoms with van der Waals surface area (Å²) in [6.45, 7) is 2.57. The number of hydrogen-bond donors (Lipinski definition) is 2. The Kier molecular flexibility index (Phi) is 6.99. The second-order valence-corrected chi connectivity index (χ2v) is 9.04. The number of benzene rings is 3. The zero-order valence-electron chi connectivity index (χ0n) is 18.8. The third-order valence-electron chi connectivity index (χ3n) is 6.07. The highest BCUT2D eigenvalue weighted by atomic mass is 35.5. The van der Waals surface area contributed by atoms with Crippen molar-refractivity contribution in [3.05, 3.63) is 94.5 Å². The summed E-state index contributed by atoms with van der Waals surface area (Å²) < 4.78 is 0. The quantitative estimate of drug-likeness (QED) is 0.499. The van der Waals surface area contributed by atoms with E-state index >= 15 is 0 Å². The average molecular weight is 462 g/mol. The van der Waals surface area contributed by atoms with Crippen LogP contribution in [0, 0.1) is 6.92 Å². The summed E-state index contributed by atoms with van der Waals surface area (Å²) in [4.78, 5) is 27.7. The van der Waals surface area contributed by atoms with Gasteiger partial charge in [0.2, 0.25) is 11.8 Å². The zero-order chi connectivity index (χ0) is 23.4. The Morgan fingerprint density at radius 1 is 1.09 bits per heavy atom. The minimum atomic E-state index is -0.470. The normalized spacial score (nSPS) is 15.5. The number of rotatable bonds is 8. The van der Waals surface area contributed by atoms with Crippen molar-refractivity contribution in [3.63, 3.8) is 0 Å². The first kappa shape index (κ1) is 22.9. The van der Waals surface area contributed by atoms with Crippen molar-refractivity contribution < 1.29 is 9.59 Å². The van der Waals surface area contributed by atoms with Gasteiger partial charge in [0.15, 0.2) is 0 Å².